The van der Waals surface area contributed by atoms with Crippen LogP contribution in [-0.4, -0.2) is 15.0 Å². The molecule has 20 heavy (non-hydrogen) atoms. The molecule has 0 fully saturated rings. The van der Waals surface area contributed by atoms with Gasteiger partial charge in [0.25, 0.3) is 0 Å². The minimum atomic E-state index is 0.875. The van der Waals surface area contributed by atoms with Crippen molar-refractivity contribution in [2.45, 2.75) is 18.4 Å². The van der Waals surface area contributed by atoms with Crippen molar-refractivity contribution in [3.05, 3.63) is 65.9 Å². The van der Waals surface area contributed by atoms with Crippen molar-refractivity contribution < 1.29 is 0 Å². The fraction of sp³-hybridized carbons (Fsp3) is 0.188. The third kappa shape index (κ3) is 3.14. The Kier molecular flexibility index (Phi) is 3.92. The van der Waals surface area contributed by atoms with Gasteiger partial charge in [-0.05, 0) is 30.7 Å². The van der Waals surface area contributed by atoms with Crippen molar-refractivity contribution >= 4 is 22.7 Å². The lowest BCUT2D eigenvalue weighted by atomic mass is 10.1. The van der Waals surface area contributed by atoms with Crippen LogP contribution in [0.5, 0.6) is 0 Å². The number of hydrogen-bond donors (Lipinski definition) is 0. The summed E-state index contributed by atoms with van der Waals surface area (Å²) in [5, 5.41) is 1.21. The van der Waals surface area contributed by atoms with Crippen LogP contribution in [0, 0.1) is 6.92 Å². The zero-order chi connectivity index (χ0) is 13.8. The number of aryl methyl sites for hydroxylation is 1. The monoisotopic (exact) mass is 281 g/mol. The number of pyridine rings is 1. The zero-order valence-electron chi connectivity index (χ0n) is 11.3. The second-order valence-electron chi connectivity index (χ2n) is 4.73. The van der Waals surface area contributed by atoms with Gasteiger partial charge in [0.2, 0.25) is 0 Å². The first-order valence-corrected chi connectivity index (χ1v) is 7.65. The highest BCUT2D eigenvalue weighted by Crippen LogP contribution is 2.20. The van der Waals surface area contributed by atoms with Crippen molar-refractivity contribution in [2.24, 2.45) is 0 Å². The van der Waals surface area contributed by atoms with Gasteiger partial charge in [-0.2, -0.15) is 11.8 Å². The minimum Gasteiger partial charge on any atom is -0.261 e. The SMILES string of the molecule is Cc1ccc2ncc(CSCc3cnccn3)cc2c1. The Morgan fingerprint density at radius 1 is 1.00 bits per heavy atom. The highest BCUT2D eigenvalue weighted by molar-refractivity contribution is 7.97. The lowest BCUT2D eigenvalue weighted by molar-refractivity contribution is 1.10. The van der Waals surface area contributed by atoms with Crippen LogP contribution >= 0.6 is 11.8 Å². The number of fused-ring (bicyclic) bond motifs is 1. The number of hydrogen-bond acceptors (Lipinski definition) is 4. The van der Waals surface area contributed by atoms with Crippen molar-refractivity contribution in [1.29, 1.82) is 0 Å². The molecule has 0 radical (unpaired) electrons. The standard InChI is InChI=1S/C16H15N3S/c1-12-2-3-16-14(6-12)7-13(8-19-16)10-20-11-15-9-17-4-5-18-15/h2-9H,10-11H2,1H3. The van der Waals surface area contributed by atoms with Crippen LogP contribution < -0.4 is 0 Å². The molecule has 3 aromatic rings. The normalized spacial score (nSPS) is 10.8. The molecule has 0 aliphatic carbocycles. The van der Waals surface area contributed by atoms with Gasteiger partial charge in [-0.1, -0.05) is 11.6 Å². The van der Waals surface area contributed by atoms with E-state index in [1.165, 1.54) is 16.5 Å². The zero-order valence-corrected chi connectivity index (χ0v) is 12.1. The average Bonchev–Trinajstić information content (AvgIpc) is 2.48. The molecule has 4 heteroatoms. The van der Waals surface area contributed by atoms with E-state index in [4.69, 9.17) is 0 Å². The molecule has 1 aromatic carbocycles. The van der Waals surface area contributed by atoms with Crippen LogP contribution in [0.2, 0.25) is 0 Å². The molecular weight excluding hydrogens is 266 g/mol. The van der Waals surface area contributed by atoms with Crippen LogP contribution in [0.1, 0.15) is 16.8 Å². The highest BCUT2D eigenvalue weighted by atomic mass is 32.2. The molecule has 0 aliphatic heterocycles. The van der Waals surface area contributed by atoms with Gasteiger partial charge in [0.1, 0.15) is 0 Å². The Hall–Kier alpha value is -1.94. The van der Waals surface area contributed by atoms with Gasteiger partial charge >= 0.3 is 0 Å². The third-order valence-corrected chi connectivity index (χ3v) is 4.07. The van der Waals surface area contributed by atoms with E-state index in [1.807, 2.05) is 24.2 Å². The maximum absolute atomic E-state index is 4.51. The number of nitrogens with zero attached hydrogens (tertiary/aromatic N) is 3. The van der Waals surface area contributed by atoms with Gasteiger partial charge in [0.15, 0.2) is 0 Å². The summed E-state index contributed by atoms with van der Waals surface area (Å²) in [6.07, 6.45) is 7.20. The Bertz CT molecular complexity index is 713. The van der Waals surface area contributed by atoms with Gasteiger partial charge in [0.05, 0.1) is 11.2 Å². The molecule has 0 bridgehead atoms. The van der Waals surface area contributed by atoms with Crippen LogP contribution in [0.3, 0.4) is 0 Å². The largest absolute Gasteiger partial charge is 0.261 e. The van der Waals surface area contributed by atoms with Gasteiger partial charge in [0, 0.05) is 41.7 Å². The third-order valence-electron chi connectivity index (χ3n) is 3.03. The molecule has 0 saturated carbocycles. The lowest BCUT2D eigenvalue weighted by Crippen LogP contribution is -1.89. The Balaban J connectivity index is 1.68. The maximum atomic E-state index is 4.51. The van der Waals surface area contributed by atoms with Crippen molar-refractivity contribution in [3.8, 4) is 0 Å². The summed E-state index contributed by atoms with van der Waals surface area (Å²) in [6, 6.07) is 8.57. The molecule has 0 N–H and O–H groups in total. The first-order valence-electron chi connectivity index (χ1n) is 6.49. The molecule has 0 saturated heterocycles. The van der Waals surface area contributed by atoms with Crippen LogP contribution in [-0.2, 0) is 11.5 Å². The molecule has 2 heterocycles. The minimum absolute atomic E-state index is 0.875. The Morgan fingerprint density at radius 2 is 1.95 bits per heavy atom. The van der Waals surface area contributed by atoms with E-state index < -0.39 is 0 Å². The van der Waals surface area contributed by atoms with Gasteiger partial charge < -0.3 is 0 Å². The summed E-state index contributed by atoms with van der Waals surface area (Å²) in [7, 11) is 0. The Morgan fingerprint density at radius 3 is 2.80 bits per heavy atom. The molecule has 100 valence electrons. The quantitative estimate of drug-likeness (QED) is 0.729. The summed E-state index contributed by atoms with van der Waals surface area (Å²) >= 11 is 1.83. The average molecular weight is 281 g/mol. The molecule has 2 aromatic heterocycles. The first-order chi connectivity index (χ1) is 9.81. The van der Waals surface area contributed by atoms with E-state index in [2.05, 4.69) is 46.1 Å². The molecule has 3 rings (SSSR count). The lowest BCUT2D eigenvalue weighted by Gasteiger charge is -2.04. The molecule has 0 amide bonds. The van der Waals surface area contributed by atoms with Crippen LogP contribution in [0.25, 0.3) is 10.9 Å². The van der Waals surface area contributed by atoms with E-state index >= 15 is 0 Å². The topological polar surface area (TPSA) is 38.7 Å². The maximum Gasteiger partial charge on any atom is 0.0702 e. The highest BCUT2D eigenvalue weighted by Gasteiger charge is 2.00. The first kappa shape index (κ1) is 13.1. The van der Waals surface area contributed by atoms with E-state index in [1.54, 1.807) is 12.4 Å². The number of rotatable bonds is 4. The fourth-order valence-electron chi connectivity index (χ4n) is 2.05. The summed E-state index contributed by atoms with van der Waals surface area (Å²) < 4.78 is 0. The molecule has 0 aliphatic rings. The van der Waals surface area contributed by atoms with Crippen LogP contribution in [0.4, 0.5) is 0 Å². The number of thioether (sulfide) groups is 1. The Labute approximate surface area is 122 Å². The summed E-state index contributed by atoms with van der Waals surface area (Å²) in [5.41, 5.74) is 4.58. The smallest absolute Gasteiger partial charge is 0.0702 e. The number of benzene rings is 1. The predicted molar refractivity (Wildman–Crippen MR) is 83.5 cm³/mol. The summed E-state index contributed by atoms with van der Waals surface area (Å²) in [5.74, 6) is 1.81. The second-order valence-corrected chi connectivity index (χ2v) is 5.71. The molecule has 0 spiro atoms. The van der Waals surface area contributed by atoms with Crippen LogP contribution in [0.15, 0.2) is 49.1 Å². The second kappa shape index (κ2) is 6.01. The van der Waals surface area contributed by atoms with E-state index in [9.17, 15) is 0 Å². The van der Waals surface area contributed by atoms with E-state index in [-0.39, 0.29) is 0 Å². The molecular formula is C16H15N3S. The van der Waals surface area contributed by atoms with Gasteiger partial charge in [-0.25, -0.2) is 0 Å². The van der Waals surface area contributed by atoms with E-state index in [0.717, 1.165) is 22.7 Å². The van der Waals surface area contributed by atoms with E-state index in [0.29, 0.717) is 0 Å². The number of aromatic nitrogens is 3. The molecule has 0 unspecified atom stereocenters. The molecule has 0 atom stereocenters. The van der Waals surface area contributed by atoms with Crippen molar-refractivity contribution in [2.75, 3.05) is 0 Å². The van der Waals surface area contributed by atoms with Crippen molar-refractivity contribution in [3.63, 3.8) is 0 Å². The van der Waals surface area contributed by atoms with Crippen molar-refractivity contribution in [1.82, 2.24) is 15.0 Å². The van der Waals surface area contributed by atoms with Gasteiger partial charge in [-0.15, -0.1) is 0 Å². The molecule has 3 nitrogen and oxygen atoms in total. The fourth-order valence-corrected chi connectivity index (χ4v) is 2.91. The predicted octanol–water partition coefficient (Wildman–Crippen LogP) is 3.77. The summed E-state index contributed by atoms with van der Waals surface area (Å²) in [6.45, 7) is 2.11. The van der Waals surface area contributed by atoms with Gasteiger partial charge in [-0.3, -0.25) is 15.0 Å². The summed E-state index contributed by atoms with van der Waals surface area (Å²) in [4.78, 5) is 12.9.